The molecule has 2 saturated carbocycles. The molecule has 6 nitrogen and oxygen atoms in total. The number of carbonyl (C=O) groups is 1. The first kappa shape index (κ1) is 15.3. The Kier molecular flexibility index (Phi) is 3.64. The first-order valence-electron chi connectivity index (χ1n) is 8.48. The Balaban J connectivity index is 1.64. The lowest BCUT2D eigenvalue weighted by molar-refractivity contribution is 0.0859. The maximum absolute atomic E-state index is 12.6. The molecule has 4 rings (SSSR count). The van der Waals surface area contributed by atoms with E-state index in [9.17, 15) is 14.7 Å². The molecule has 0 aliphatic heterocycles. The number of rotatable bonds is 3. The molecule has 0 aromatic carbocycles. The number of amides is 1. The molecule has 6 heteroatoms. The third kappa shape index (κ3) is 2.33. The Morgan fingerprint density at radius 3 is 2.96 bits per heavy atom. The van der Waals surface area contributed by atoms with Crippen LogP contribution in [0.15, 0.2) is 29.3 Å². The third-order valence-corrected chi connectivity index (χ3v) is 5.69. The average molecular weight is 327 g/mol. The summed E-state index contributed by atoms with van der Waals surface area (Å²) < 4.78 is 1.41. The van der Waals surface area contributed by atoms with E-state index in [2.05, 4.69) is 10.3 Å². The van der Waals surface area contributed by atoms with Gasteiger partial charge in [-0.2, -0.15) is 0 Å². The predicted octanol–water partition coefficient (Wildman–Crippen LogP) is 1.14. The van der Waals surface area contributed by atoms with Crippen LogP contribution in [0.3, 0.4) is 0 Å². The minimum Gasteiger partial charge on any atom is -0.396 e. The number of aliphatic hydroxyl groups excluding tert-OH is 1. The maximum Gasteiger partial charge on any atom is 0.270 e. The van der Waals surface area contributed by atoms with Crippen LogP contribution in [0.2, 0.25) is 0 Å². The van der Waals surface area contributed by atoms with E-state index in [-0.39, 0.29) is 35.6 Å². The van der Waals surface area contributed by atoms with Gasteiger partial charge < -0.3 is 10.4 Å². The SMILES string of the molecule is Cc1ccc2ncc(C(=O)NC3C4CCC(C4)C3CO)c(=O)n2c1. The second kappa shape index (κ2) is 5.70. The Labute approximate surface area is 139 Å². The summed E-state index contributed by atoms with van der Waals surface area (Å²) in [5.41, 5.74) is 1.15. The molecule has 2 N–H and O–H groups in total. The molecule has 4 atom stereocenters. The second-order valence-electron chi connectivity index (χ2n) is 7.09. The molecule has 0 radical (unpaired) electrons. The highest BCUT2D eigenvalue weighted by atomic mass is 16.3. The summed E-state index contributed by atoms with van der Waals surface area (Å²) in [6.07, 6.45) is 6.31. The molecule has 24 heavy (non-hydrogen) atoms. The standard InChI is InChI=1S/C18H21N3O3/c1-10-2-5-15-19-7-13(18(24)21(15)8-10)17(23)20-16-12-4-3-11(6-12)14(16)9-22/h2,5,7-8,11-12,14,16,22H,3-4,6,9H2,1H3,(H,20,23). The van der Waals surface area contributed by atoms with Gasteiger partial charge in [-0.3, -0.25) is 14.0 Å². The number of pyridine rings is 1. The monoisotopic (exact) mass is 327 g/mol. The lowest BCUT2D eigenvalue weighted by Crippen LogP contribution is -2.46. The van der Waals surface area contributed by atoms with Crippen LogP contribution in [-0.4, -0.2) is 33.0 Å². The Morgan fingerprint density at radius 1 is 1.38 bits per heavy atom. The van der Waals surface area contributed by atoms with Gasteiger partial charge in [0.1, 0.15) is 11.2 Å². The molecule has 126 valence electrons. The summed E-state index contributed by atoms with van der Waals surface area (Å²) in [5.74, 6) is 0.615. The fraction of sp³-hybridized carbons (Fsp3) is 0.500. The van der Waals surface area contributed by atoms with E-state index in [1.807, 2.05) is 13.0 Å². The van der Waals surface area contributed by atoms with Crippen molar-refractivity contribution in [2.45, 2.75) is 32.2 Å². The van der Waals surface area contributed by atoms with Crippen molar-refractivity contribution in [3.8, 4) is 0 Å². The van der Waals surface area contributed by atoms with Crippen LogP contribution in [0.5, 0.6) is 0 Å². The van der Waals surface area contributed by atoms with E-state index in [4.69, 9.17) is 0 Å². The Hall–Kier alpha value is -2.21. The summed E-state index contributed by atoms with van der Waals surface area (Å²) >= 11 is 0. The molecular formula is C18H21N3O3. The minimum atomic E-state index is -0.389. The average Bonchev–Trinajstić information content (AvgIpc) is 3.17. The number of hydrogen-bond acceptors (Lipinski definition) is 4. The number of aryl methyl sites for hydroxylation is 1. The van der Waals surface area contributed by atoms with E-state index in [1.54, 1.807) is 12.3 Å². The molecule has 4 unspecified atom stereocenters. The molecule has 2 bridgehead atoms. The molecule has 2 fully saturated rings. The largest absolute Gasteiger partial charge is 0.396 e. The van der Waals surface area contributed by atoms with Crippen molar-refractivity contribution in [2.24, 2.45) is 17.8 Å². The van der Waals surface area contributed by atoms with E-state index < -0.39 is 0 Å². The molecule has 2 aliphatic rings. The van der Waals surface area contributed by atoms with Gasteiger partial charge in [-0.25, -0.2) is 4.98 Å². The molecule has 2 heterocycles. The van der Waals surface area contributed by atoms with Gasteiger partial charge in [0, 0.05) is 31.0 Å². The highest BCUT2D eigenvalue weighted by Crippen LogP contribution is 2.48. The van der Waals surface area contributed by atoms with Gasteiger partial charge in [-0.05, 0) is 49.7 Å². The molecular weight excluding hydrogens is 306 g/mol. The number of hydrogen-bond donors (Lipinski definition) is 2. The zero-order chi connectivity index (χ0) is 16.8. The van der Waals surface area contributed by atoms with Crippen LogP contribution in [0.1, 0.15) is 35.2 Å². The van der Waals surface area contributed by atoms with Crippen molar-refractivity contribution in [1.82, 2.24) is 14.7 Å². The van der Waals surface area contributed by atoms with Crippen molar-refractivity contribution in [1.29, 1.82) is 0 Å². The Bertz CT molecular complexity index is 860. The highest BCUT2D eigenvalue weighted by Gasteiger charge is 2.47. The first-order valence-corrected chi connectivity index (χ1v) is 8.48. The van der Waals surface area contributed by atoms with Crippen LogP contribution in [-0.2, 0) is 0 Å². The van der Waals surface area contributed by atoms with Crippen molar-refractivity contribution < 1.29 is 9.90 Å². The van der Waals surface area contributed by atoms with E-state index in [0.29, 0.717) is 17.5 Å². The number of carbonyl (C=O) groups excluding carboxylic acids is 1. The minimum absolute atomic E-state index is 0.0427. The zero-order valence-electron chi connectivity index (χ0n) is 13.6. The van der Waals surface area contributed by atoms with Crippen molar-refractivity contribution in [2.75, 3.05) is 6.61 Å². The molecule has 0 saturated heterocycles. The van der Waals surface area contributed by atoms with Crippen LogP contribution in [0, 0.1) is 24.7 Å². The van der Waals surface area contributed by atoms with Gasteiger partial charge in [0.15, 0.2) is 0 Å². The van der Waals surface area contributed by atoms with Gasteiger partial charge in [0.05, 0.1) is 0 Å². The van der Waals surface area contributed by atoms with Crippen molar-refractivity contribution in [3.05, 3.63) is 46.0 Å². The van der Waals surface area contributed by atoms with E-state index in [1.165, 1.54) is 10.6 Å². The maximum atomic E-state index is 12.6. The van der Waals surface area contributed by atoms with Crippen molar-refractivity contribution >= 4 is 11.6 Å². The van der Waals surface area contributed by atoms with E-state index in [0.717, 1.165) is 24.8 Å². The summed E-state index contributed by atoms with van der Waals surface area (Å²) in [6, 6.07) is 3.59. The van der Waals surface area contributed by atoms with Gasteiger partial charge in [-0.15, -0.1) is 0 Å². The number of fused-ring (bicyclic) bond motifs is 3. The van der Waals surface area contributed by atoms with Crippen molar-refractivity contribution in [3.63, 3.8) is 0 Å². The first-order chi connectivity index (χ1) is 11.6. The molecule has 2 aromatic rings. The number of nitrogens with one attached hydrogen (secondary N) is 1. The number of aromatic nitrogens is 2. The van der Waals surface area contributed by atoms with Gasteiger partial charge in [0.2, 0.25) is 0 Å². The lowest BCUT2D eigenvalue weighted by Gasteiger charge is -2.30. The van der Waals surface area contributed by atoms with E-state index >= 15 is 0 Å². The summed E-state index contributed by atoms with van der Waals surface area (Å²) in [6.45, 7) is 1.97. The predicted molar refractivity (Wildman–Crippen MR) is 88.9 cm³/mol. The van der Waals surface area contributed by atoms with Crippen LogP contribution < -0.4 is 10.9 Å². The van der Waals surface area contributed by atoms with Crippen LogP contribution >= 0.6 is 0 Å². The molecule has 2 aliphatic carbocycles. The quantitative estimate of drug-likeness (QED) is 0.885. The lowest BCUT2D eigenvalue weighted by atomic mass is 9.85. The molecule has 0 spiro atoms. The second-order valence-corrected chi connectivity index (χ2v) is 7.09. The number of nitrogens with zero attached hydrogens (tertiary/aromatic N) is 2. The smallest absolute Gasteiger partial charge is 0.270 e. The Morgan fingerprint density at radius 2 is 2.17 bits per heavy atom. The summed E-state index contributed by atoms with van der Waals surface area (Å²) in [4.78, 5) is 29.5. The number of aliphatic hydroxyl groups is 1. The van der Waals surface area contributed by atoms with Gasteiger partial charge in [0.25, 0.3) is 11.5 Å². The summed E-state index contributed by atoms with van der Waals surface area (Å²) in [5, 5.41) is 12.6. The molecule has 1 amide bonds. The van der Waals surface area contributed by atoms with Gasteiger partial charge >= 0.3 is 0 Å². The highest BCUT2D eigenvalue weighted by molar-refractivity contribution is 5.94. The third-order valence-electron chi connectivity index (χ3n) is 5.69. The van der Waals surface area contributed by atoms with Crippen LogP contribution in [0.25, 0.3) is 5.65 Å². The van der Waals surface area contributed by atoms with Crippen LogP contribution in [0.4, 0.5) is 0 Å². The summed E-state index contributed by atoms with van der Waals surface area (Å²) in [7, 11) is 0. The topological polar surface area (TPSA) is 83.7 Å². The zero-order valence-corrected chi connectivity index (χ0v) is 13.6. The fourth-order valence-electron chi connectivity index (χ4n) is 4.47. The molecule has 2 aromatic heterocycles. The fourth-order valence-corrected chi connectivity index (χ4v) is 4.47. The van der Waals surface area contributed by atoms with Gasteiger partial charge in [-0.1, -0.05) is 6.07 Å². The normalized spacial score (nSPS) is 28.4.